The highest BCUT2D eigenvalue weighted by Gasteiger charge is 2.04. The summed E-state index contributed by atoms with van der Waals surface area (Å²) in [5.41, 5.74) is 0. The highest BCUT2D eigenvalue weighted by atomic mass is 35.5. The third-order valence-electron chi connectivity index (χ3n) is 3.05. The maximum absolute atomic E-state index is 5.76. The van der Waals surface area contributed by atoms with Gasteiger partial charge in [-0.05, 0) is 42.8 Å². The van der Waals surface area contributed by atoms with Crippen LogP contribution in [0.5, 0.6) is 17.2 Å². The van der Waals surface area contributed by atoms with Crippen molar-refractivity contribution >= 4 is 23.4 Å². The van der Waals surface area contributed by atoms with Crippen molar-refractivity contribution in [3.8, 4) is 17.2 Å². The highest BCUT2D eigenvalue weighted by Crippen LogP contribution is 2.29. The van der Waals surface area contributed by atoms with Crippen LogP contribution >= 0.6 is 23.4 Å². The molecule has 0 saturated carbocycles. The number of methoxy groups -OCH3 is 1. The Kier molecular flexibility index (Phi) is 7.98. The Labute approximate surface area is 146 Å². The third kappa shape index (κ3) is 6.24. The molecule has 0 atom stereocenters. The van der Waals surface area contributed by atoms with Gasteiger partial charge in [-0.3, -0.25) is 0 Å². The molecule has 23 heavy (non-hydrogen) atoms. The first kappa shape index (κ1) is 17.8. The zero-order valence-corrected chi connectivity index (χ0v) is 14.7. The minimum Gasteiger partial charge on any atom is -0.497 e. The van der Waals surface area contributed by atoms with E-state index in [-0.39, 0.29) is 0 Å². The van der Waals surface area contributed by atoms with Crippen LogP contribution in [0.4, 0.5) is 0 Å². The number of alkyl halides is 1. The summed E-state index contributed by atoms with van der Waals surface area (Å²) in [6.45, 7) is 1.27. The summed E-state index contributed by atoms with van der Waals surface area (Å²) in [6.07, 6.45) is 0.848. The van der Waals surface area contributed by atoms with Gasteiger partial charge in [0.25, 0.3) is 0 Å². The van der Waals surface area contributed by atoms with Crippen LogP contribution in [0.25, 0.3) is 0 Å². The lowest BCUT2D eigenvalue weighted by Gasteiger charge is -2.11. The molecule has 0 spiro atoms. The van der Waals surface area contributed by atoms with Crippen molar-refractivity contribution in [3.63, 3.8) is 0 Å². The van der Waals surface area contributed by atoms with Crippen LogP contribution in [0.2, 0.25) is 0 Å². The van der Waals surface area contributed by atoms with E-state index in [0.29, 0.717) is 19.1 Å². The number of para-hydroxylation sites is 1. The summed E-state index contributed by atoms with van der Waals surface area (Å²) in [7, 11) is 1.65. The molecule has 0 aliphatic heterocycles. The Morgan fingerprint density at radius 3 is 2.39 bits per heavy atom. The number of thioether (sulfide) groups is 1. The molecule has 2 rings (SSSR count). The number of benzene rings is 2. The number of hydrogen-bond donors (Lipinski definition) is 0. The van der Waals surface area contributed by atoms with E-state index in [0.717, 1.165) is 34.3 Å². The van der Waals surface area contributed by atoms with Crippen molar-refractivity contribution in [1.29, 1.82) is 0 Å². The summed E-state index contributed by atoms with van der Waals surface area (Å²) in [4.78, 5) is 1.13. The predicted molar refractivity (Wildman–Crippen MR) is 96.5 cm³/mol. The Balaban J connectivity index is 1.77. The number of ether oxygens (including phenoxy) is 3. The molecule has 0 aliphatic rings. The maximum atomic E-state index is 5.76. The minimum absolute atomic E-state index is 0.616. The quantitative estimate of drug-likeness (QED) is 0.346. The molecule has 2 aromatic carbocycles. The van der Waals surface area contributed by atoms with Gasteiger partial charge >= 0.3 is 0 Å². The second-order valence-corrected chi connectivity index (χ2v) is 6.22. The maximum Gasteiger partial charge on any atom is 0.132 e. The lowest BCUT2D eigenvalue weighted by atomic mass is 10.3. The first-order valence-corrected chi connectivity index (χ1v) is 9.03. The Morgan fingerprint density at radius 1 is 0.913 bits per heavy atom. The van der Waals surface area contributed by atoms with Crippen LogP contribution in [0, 0.1) is 0 Å². The summed E-state index contributed by atoms with van der Waals surface area (Å²) in [5.74, 6) is 4.05. The zero-order chi connectivity index (χ0) is 16.3. The largest absolute Gasteiger partial charge is 0.497 e. The van der Waals surface area contributed by atoms with Gasteiger partial charge in [-0.2, -0.15) is 0 Å². The molecule has 124 valence electrons. The van der Waals surface area contributed by atoms with Crippen molar-refractivity contribution < 1.29 is 14.2 Å². The van der Waals surface area contributed by atoms with Crippen molar-refractivity contribution in [1.82, 2.24) is 0 Å². The first-order valence-electron chi connectivity index (χ1n) is 7.51. The molecule has 0 amide bonds. The van der Waals surface area contributed by atoms with Crippen LogP contribution in [0.1, 0.15) is 6.42 Å². The minimum atomic E-state index is 0.616. The summed E-state index contributed by atoms with van der Waals surface area (Å²) >= 11 is 7.40. The fraction of sp³-hybridized carbons (Fsp3) is 0.333. The van der Waals surface area contributed by atoms with Gasteiger partial charge in [-0.25, -0.2) is 0 Å². The number of hydrogen-bond acceptors (Lipinski definition) is 4. The second-order valence-electron chi connectivity index (χ2n) is 4.71. The van der Waals surface area contributed by atoms with Crippen LogP contribution < -0.4 is 14.2 Å². The molecule has 5 heteroatoms. The Morgan fingerprint density at radius 2 is 1.65 bits per heavy atom. The van der Waals surface area contributed by atoms with Gasteiger partial charge in [0.2, 0.25) is 0 Å². The molecule has 0 unspecified atom stereocenters. The molecular formula is C18H21ClO3S. The van der Waals surface area contributed by atoms with Crippen LogP contribution in [0.15, 0.2) is 53.4 Å². The van der Waals surface area contributed by atoms with E-state index in [1.165, 1.54) is 0 Å². The molecule has 0 saturated heterocycles. The van der Waals surface area contributed by atoms with Gasteiger partial charge in [-0.15, -0.1) is 23.4 Å². The van der Waals surface area contributed by atoms with E-state index >= 15 is 0 Å². The molecule has 2 aromatic rings. The molecule has 0 bridgehead atoms. The lowest BCUT2D eigenvalue weighted by Crippen LogP contribution is -2.02. The lowest BCUT2D eigenvalue weighted by molar-refractivity contribution is 0.311. The normalized spacial score (nSPS) is 10.3. The van der Waals surface area contributed by atoms with E-state index in [1.54, 1.807) is 18.9 Å². The van der Waals surface area contributed by atoms with Gasteiger partial charge in [-0.1, -0.05) is 12.1 Å². The molecule has 0 heterocycles. The molecule has 0 N–H and O–H groups in total. The Bertz CT molecular complexity index is 575. The van der Waals surface area contributed by atoms with Gasteiger partial charge < -0.3 is 14.2 Å². The van der Waals surface area contributed by atoms with E-state index < -0.39 is 0 Å². The third-order valence-corrected chi connectivity index (χ3v) is 4.34. The Hall–Kier alpha value is -1.52. The van der Waals surface area contributed by atoms with E-state index in [1.807, 2.05) is 42.5 Å². The molecular weight excluding hydrogens is 332 g/mol. The van der Waals surface area contributed by atoms with Crippen LogP contribution in [0.3, 0.4) is 0 Å². The first-order chi connectivity index (χ1) is 11.3. The average Bonchev–Trinajstić information content (AvgIpc) is 2.60. The van der Waals surface area contributed by atoms with Crippen molar-refractivity contribution in [3.05, 3.63) is 48.5 Å². The summed E-state index contributed by atoms with van der Waals surface area (Å²) < 4.78 is 16.6. The smallest absolute Gasteiger partial charge is 0.132 e. The zero-order valence-electron chi connectivity index (χ0n) is 13.2. The fourth-order valence-electron chi connectivity index (χ4n) is 1.91. The predicted octanol–water partition coefficient (Wildman–Crippen LogP) is 4.87. The van der Waals surface area contributed by atoms with Gasteiger partial charge in [0, 0.05) is 16.5 Å². The average molecular weight is 353 g/mol. The SMILES string of the molecule is COc1ccc(OCCSc2ccccc2OCCCCl)cc1. The van der Waals surface area contributed by atoms with Crippen molar-refractivity contribution in [2.45, 2.75) is 11.3 Å². The van der Waals surface area contributed by atoms with Crippen molar-refractivity contribution in [2.24, 2.45) is 0 Å². The molecule has 0 aliphatic carbocycles. The summed E-state index contributed by atoms with van der Waals surface area (Å²) in [5, 5.41) is 0. The van der Waals surface area contributed by atoms with E-state index in [2.05, 4.69) is 6.07 Å². The monoisotopic (exact) mass is 352 g/mol. The van der Waals surface area contributed by atoms with Gasteiger partial charge in [0.05, 0.1) is 20.3 Å². The topological polar surface area (TPSA) is 27.7 Å². The van der Waals surface area contributed by atoms with Crippen LogP contribution in [-0.4, -0.2) is 32.0 Å². The standard InChI is InChI=1S/C18H21ClO3S/c1-20-15-7-9-16(10-8-15)21-13-14-23-18-6-3-2-5-17(18)22-12-4-11-19/h2-3,5-10H,4,11-14H2,1H3. The van der Waals surface area contributed by atoms with Gasteiger partial charge in [0.15, 0.2) is 0 Å². The summed E-state index contributed by atoms with van der Waals surface area (Å²) in [6, 6.07) is 15.6. The van der Waals surface area contributed by atoms with E-state index in [4.69, 9.17) is 25.8 Å². The van der Waals surface area contributed by atoms with Gasteiger partial charge in [0.1, 0.15) is 17.2 Å². The second kappa shape index (κ2) is 10.3. The number of halogens is 1. The number of rotatable bonds is 10. The molecule has 3 nitrogen and oxygen atoms in total. The van der Waals surface area contributed by atoms with Crippen molar-refractivity contribution in [2.75, 3.05) is 32.0 Å². The molecule has 0 aromatic heterocycles. The molecule has 0 radical (unpaired) electrons. The fourth-order valence-corrected chi connectivity index (χ4v) is 2.85. The van der Waals surface area contributed by atoms with E-state index in [9.17, 15) is 0 Å². The van der Waals surface area contributed by atoms with Crippen LogP contribution in [-0.2, 0) is 0 Å². The molecule has 0 fully saturated rings. The highest BCUT2D eigenvalue weighted by molar-refractivity contribution is 7.99.